The number of carbonyl (C=O) groups excluding carboxylic acids is 1. The first-order valence-corrected chi connectivity index (χ1v) is 6.39. The Kier molecular flexibility index (Phi) is 6.15. The summed E-state index contributed by atoms with van der Waals surface area (Å²) in [4.78, 5) is 16.2. The number of aromatic nitrogens is 1. The smallest absolute Gasteiger partial charge is 0.253 e. The lowest BCUT2D eigenvalue weighted by molar-refractivity contribution is 0.0951. The van der Waals surface area contributed by atoms with E-state index in [1.807, 2.05) is 6.92 Å². The maximum absolute atomic E-state index is 11.8. The van der Waals surface area contributed by atoms with Gasteiger partial charge < -0.3 is 10.1 Å². The first-order valence-electron chi connectivity index (χ1n) is 5.48. The molecule has 1 atom stereocenters. The Bertz CT molecular complexity index is 371. The molecule has 0 aliphatic rings. The van der Waals surface area contributed by atoms with Crippen LogP contribution < -0.4 is 5.32 Å². The highest BCUT2D eigenvalue weighted by Crippen LogP contribution is 2.06. The molecule has 1 aromatic heterocycles. The van der Waals surface area contributed by atoms with E-state index in [0.29, 0.717) is 18.7 Å². The zero-order valence-electron chi connectivity index (χ0n) is 10.1. The minimum Gasteiger partial charge on any atom is -0.384 e. The average molecular weight is 301 g/mol. The third kappa shape index (κ3) is 4.83. The van der Waals surface area contributed by atoms with Crippen LogP contribution in [0.15, 0.2) is 18.3 Å². The van der Waals surface area contributed by atoms with Gasteiger partial charge in [0, 0.05) is 30.4 Å². The van der Waals surface area contributed by atoms with Gasteiger partial charge in [0.15, 0.2) is 0 Å². The number of carbonyl (C=O) groups is 1. The molecular weight excluding hydrogens is 284 g/mol. The van der Waals surface area contributed by atoms with Crippen molar-refractivity contribution < 1.29 is 9.53 Å². The summed E-state index contributed by atoms with van der Waals surface area (Å²) < 4.78 is 5.00. The van der Waals surface area contributed by atoms with Gasteiger partial charge in [0.2, 0.25) is 0 Å². The molecule has 1 unspecified atom stereocenters. The molecule has 0 saturated heterocycles. The SMILES string of the molecule is COCC(Br)CCNC(=O)c1cccnc1C. The summed E-state index contributed by atoms with van der Waals surface area (Å²) >= 11 is 3.47. The topological polar surface area (TPSA) is 51.2 Å². The zero-order chi connectivity index (χ0) is 12.7. The lowest BCUT2D eigenvalue weighted by atomic mass is 10.2. The van der Waals surface area contributed by atoms with Gasteiger partial charge in [-0.3, -0.25) is 9.78 Å². The first-order chi connectivity index (χ1) is 8.15. The van der Waals surface area contributed by atoms with E-state index in [1.165, 1.54) is 0 Å². The van der Waals surface area contributed by atoms with Crippen LogP contribution in [-0.4, -0.2) is 36.0 Å². The number of rotatable bonds is 6. The molecule has 0 radical (unpaired) electrons. The molecule has 1 heterocycles. The Hall–Kier alpha value is -0.940. The van der Waals surface area contributed by atoms with Crippen LogP contribution in [0, 0.1) is 6.92 Å². The van der Waals surface area contributed by atoms with Gasteiger partial charge in [0.1, 0.15) is 0 Å². The van der Waals surface area contributed by atoms with Gasteiger partial charge in [-0.05, 0) is 25.5 Å². The van der Waals surface area contributed by atoms with E-state index in [2.05, 4.69) is 26.2 Å². The van der Waals surface area contributed by atoms with E-state index in [4.69, 9.17) is 4.74 Å². The van der Waals surface area contributed by atoms with Crippen molar-refractivity contribution in [2.75, 3.05) is 20.3 Å². The molecule has 0 aliphatic carbocycles. The van der Waals surface area contributed by atoms with Crippen LogP contribution in [0.4, 0.5) is 0 Å². The van der Waals surface area contributed by atoms with Crippen molar-refractivity contribution >= 4 is 21.8 Å². The quantitative estimate of drug-likeness (QED) is 0.817. The molecule has 0 bridgehead atoms. The van der Waals surface area contributed by atoms with Crippen molar-refractivity contribution in [2.45, 2.75) is 18.2 Å². The minimum atomic E-state index is -0.0762. The number of ether oxygens (including phenoxy) is 1. The van der Waals surface area contributed by atoms with Crippen molar-refractivity contribution in [3.63, 3.8) is 0 Å². The second kappa shape index (κ2) is 7.40. The summed E-state index contributed by atoms with van der Waals surface area (Å²) in [6.45, 7) is 3.08. The monoisotopic (exact) mass is 300 g/mol. The molecule has 17 heavy (non-hydrogen) atoms. The Labute approximate surface area is 110 Å². The number of nitrogens with zero attached hydrogens (tertiary/aromatic N) is 1. The Morgan fingerprint density at radius 2 is 2.41 bits per heavy atom. The summed E-state index contributed by atoms with van der Waals surface area (Å²) in [6.07, 6.45) is 2.51. The molecule has 0 saturated carbocycles. The van der Waals surface area contributed by atoms with Crippen LogP contribution in [-0.2, 0) is 4.74 Å². The molecule has 4 nitrogen and oxygen atoms in total. The fourth-order valence-corrected chi connectivity index (χ4v) is 1.92. The lowest BCUT2D eigenvalue weighted by Crippen LogP contribution is -2.27. The molecular formula is C12H17BrN2O2. The summed E-state index contributed by atoms with van der Waals surface area (Å²) in [5.41, 5.74) is 1.38. The molecule has 94 valence electrons. The van der Waals surface area contributed by atoms with E-state index in [9.17, 15) is 4.79 Å². The molecule has 0 aliphatic heterocycles. The number of amides is 1. The van der Waals surface area contributed by atoms with Gasteiger partial charge in [0.25, 0.3) is 5.91 Å². The van der Waals surface area contributed by atoms with Crippen molar-refractivity contribution in [3.05, 3.63) is 29.6 Å². The second-order valence-corrected chi connectivity index (χ2v) is 5.03. The number of alkyl halides is 1. The summed E-state index contributed by atoms with van der Waals surface area (Å²) in [5.74, 6) is -0.0762. The number of nitrogens with one attached hydrogen (secondary N) is 1. The molecule has 1 amide bonds. The normalized spacial score (nSPS) is 12.2. The standard InChI is InChI=1S/C12H17BrN2O2/c1-9-11(4-3-6-14-9)12(16)15-7-5-10(13)8-17-2/h3-4,6,10H,5,7-8H2,1-2H3,(H,15,16). The number of pyridine rings is 1. The Morgan fingerprint density at radius 3 is 3.06 bits per heavy atom. The molecule has 0 aromatic carbocycles. The van der Waals surface area contributed by atoms with Crippen molar-refractivity contribution in [1.82, 2.24) is 10.3 Å². The van der Waals surface area contributed by atoms with Crippen molar-refractivity contribution in [2.24, 2.45) is 0 Å². The predicted octanol–water partition coefficient (Wildman–Crippen LogP) is 1.92. The Balaban J connectivity index is 2.38. The fourth-order valence-electron chi connectivity index (χ4n) is 1.43. The Morgan fingerprint density at radius 1 is 1.65 bits per heavy atom. The predicted molar refractivity (Wildman–Crippen MR) is 70.5 cm³/mol. The van der Waals surface area contributed by atoms with E-state index >= 15 is 0 Å². The van der Waals surface area contributed by atoms with Crippen LogP contribution in [0.5, 0.6) is 0 Å². The van der Waals surface area contributed by atoms with Crippen LogP contribution in [0.1, 0.15) is 22.5 Å². The third-order valence-corrected chi connectivity index (χ3v) is 3.06. The van der Waals surface area contributed by atoms with Gasteiger partial charge in [-0.1, -0.05) is 15.9 Å². The summed E-state index contributed by atoms with van der Waals surface area (Å²) in [7, 11) is 1.66. The van der Waals surface area contributed by atoms with Gasteiger partial charge in [-0.2, -0.15) is 0 Å². The first kappa shape index (κ1) is 14.1. The maximum atomic E-state index is 11.8. The molecule has 1 rings (SSSR count). The number of hydrogen-bond donors (Lipinski definition) is 1. The molecule has 5 heteroatoms. The van der Waals surface area contributed by atoms with Gasteiger partial charge >= 0.3 is 0 Å². The largest absolute Gasteiger partial charge is 0.384 e. The van der Waals surface area contributed by atoms with Gasteiger partial charge in [-0.25, -0.2) is 0 Å². The lowest BCUT2D eigenvalue weighted by Gasteiger charge is -2.10. The summed E-state index contributed by atoms with van der Waals surface area (Å²) in [5, 5.41) is 2.86. The zero-order valence-corrected chi connectivity index (χ0v) is 11.7. The number of hydrogen-bond acceptors (Lipinski definition) is 3. The molecule has 0 spiro atoms. The maximum Gasteiger partial charge on any atom is 0.253 e. The van der Waals surface area contributed by atoms with Gasteiger partial charge in [0.05, 0.1) is 12.2 Å². The molecule has 0 fully saturated rings. The molecule has 1 aromatic rings. The van der Waals surface area contributed by atoms with E-state index in [1.54, 1.807) is 25.4 Å². The second-order valence-electron chi connectivity index (χ2n) is 3.73. The van der Waals surface area contributed by atoms with E-state index in [0.717, 1.165) is 12.1 Å². The third-order valence-electron chi connectivity index (χ3n) is 2.34. The minimum absolute atomic E-state index is 0.0762. The molecule has 1 N–H and O–H groups in total. The highest BCUT2D eigenvalue weighted by atomic mass is 79.9. The number of halogens is 1. The van der Waals surface area contributed by atoms with Crippen LogP contribution in [0.3, 0.4) is 0 Å². The van der Waals surface area contributed by atoms with Crippen LogP contribution in [0.2, 0.25) is 0 Å². The fraction of sp³-hybridized carbons (Fsp3) is 0.500. The number of aryl methyl sites for hydroxylation is 1. The highest BCUT2D eigenvalue weighted by Gasteiger charge is 2.09. The van der Waals surface area contributed by atoms with Crippen molar-refractivity contribution in [3.8, 4) is 0 Å². The van der Waals surface area contributed by atoms with Crippen molar-refractivity contribution in [1.29, 1.82) is 0 Å². The van der Waals surface area contributed by atoms with E-state index in [-0.39, 0.29) is 10.7 Å². The highest BCUT2D eigenvalue weighted by molar-refractivity contribution is 9.09. The summed E-state index contributed by atoms with van der Waals surface area (Å²) in [6, 6.07) is 3.54. The van der Waals surface area contributed by atoms with E-state index < -0.39 is 0 Å². The van der Waals surface area contributed by atoms with Crippen LogP contribution in [0.25, 0.3) is 0 Å². The number of methoxy groups -OCH3 is 1. The van der Waals surface area contributed by atoms with Crippen LogP contribution >= 0.6 is 15.9 Å². The average Bonchev–Trinajstić information content (AvgIpc) is 2.29. The van der Waals surface area contributed by atoms with Gasteiger partial charge in [-0.15, -0.1) is 0 Å².